The Morgan fingerprint density at radius 1 is 1.64 bits per heavy atom. The average Bonchev–Trinajstić information content (AvgIpc) is 2.14. The molecule has 0 saturated carbocycles. The lowest BCUT2D eigenvalue weighted by Crippen LogP contribution is -2.48. The maximum Gasteiger partial charge on any atom is 0.254 e. The van der Waals surface area contributed by atoms with Crippen LogP contribution in [0, 0.1) is 0 Å². The second-order valence-electron chi connectivity index (χ2n) is 3.82. The summed E-state index contributed by atoms with van der Waals surface area (Å²) >= 11 is 0. The minimum atomic E-state index is -0.774. The van der Waals surface area contributed by atoms with E-state index in [1.807, 2.05) is 6.92 Å². The number of aliphatic hydroxyl groups excluding tert-OH is 1. The predicted octanol–water partition coefficient (Wildman–Crippen LogP) is 0.641. The first kappa shape index (κ1) is 13.4. The number of carbonyl (C=O) groups is 1. The second-order valence-corrected chi connectivity index (χ2v) is 3.82. The van der Waals surface area contributed by atoms with Crippen LogP contribution in [-0.4, -0.2) is 48.3 Å². The molecule has 0 heterocycles. The molecule has 2 atom stereocenters. The van der Waals surface area contributed by atoms with Gasteiger partial charge in [-0.15, -0.1) is 0 Å². The third-order valence-electron chi connectivity index (χ3n) is 2.46. The SMILES string of the molecule is CCC(C)(OC)C(=O)N(C)CC(C)O. The first-order valence-electron chi connectivity index (χ1n) is 4.86. The van der Waals surface area contributed by atoms with Crippen LogP contribution in [0.5, 0.6) is 0 Å². The molecule has 0 aromatic rings. The van der Waals surface area contributed by atoms with Gasteiger partial charge in [-0.25, -0.2) is 0 Å². The minimum absolute atomic E-state index is 0.0941. The van der Waals surface area contributed by atoms with E-state index >= 15 is 0 Å². The summed E-state index contributed by atoms with van der Waals surface area (Å²) in [7, 11) is 3.19. The van der Waals surface area contributed by atoms with Crippen molar-refractivity contribution in [3.8, 4) is 0 Å². The molecule has 0 rings (SSSR count). The number of hydrogen-bond donors (Lipinski definition) is 1. The molecule has 84 valence electrons. The molecule has 1 N–H and O–H groups in total. The van der Waals surface area contributed by atoms with Crippen LogP contribution in [0.25, 0.3) is 0 Å². The van der Waals surface area contributed by atoms with Crippen molar-refractivity contribution in [1.82, 2.24) is 4.90 Å². The van der Waals surface area contributed by atoms with Crippen LogP contribution < -0.4 is 0 Å². The Kier molecular flexibility index (Phi) is 5.08. The van der Waals surface area contributed by atoms with E-state index in [1.54, 1.807) is 20.9 Å². The number of carbonyl (C=O) groups excluding carboxylic acids is 1. The summed E-state index contributed by atoms with van der Waals surface area (Å²) < 4.78 is 5.18. The molecule has 14 heavy (non-hydrogen) atoms. The van der Waals surface area contributed by atoms with Gasteiger partial charge in [-0.2, -0.15) is 0 Å². The van der Waals surface area contributed by atoms with Crippen LogP contribution in [-0.2, 0) is 9.53 Å². The molecule has 0 radical (unpaired) electrons. The highest BCUT2D eigenvalue weighted by atomic mass is 16.5. The number of amides is 1. The largest absolute Gasteiger partial charge is 0.392 e. The lowest BCUT2D eigenvalue weighted by Gasteiger charge is -2.31. The van der Waals surface area contributed by atoms with E-state index in [0.29, 0.717) is 13.0 Å². The van der Waals surface area contributed by atoms with E-state index in [1.165, 1.54) is 12.0 Å². The Labute approximate surface area is 85.9 Å². The molecule has 0 saturated heterocycles. The molecular formula is C10H21NO3. The molecule has 1 amide bonds. The number of likely N-dealkylation sites (N-methyl/N-ethyl adjacent to an activating group) is 1. The molecule has 0 spiro atoms. The first-order chi connectivity index (χ1) is 6.37. The van der Waals surface area contributed by atoms with E-state index in [2.05, 4.69) is 0 Å². The minimum Gasteiger partial charge on any atom is -0.392 e. The number of ether oxygens (including phenoxy) is 1. The Morgan fingerprint density at radius 3 is 2.43 bits per heavy atom. The monoisotopic (exact) mass is 203 g/mol. The summed E-state index contributed by atoms with van der Waals surface area (Å²) in [6, 6.07) is 0. The van der Waals surface area contributed by atoms with Crippen molar-refractivity contribution < 1.29 is 14.6 Å². The van der Waals surface area contributed by atoms with Crippen molar-refractivity contribution in [3.05, 3.63) is 0 Å². The van der Waals surface area contributed by atoms with E-state index in [4.69, 9.17) is 9.84 Å². The fourth-order valence-electron chi connectivity index (χ4n) is 1.27. The predicted molar refractivity (Wildman–Crippen MR) is 55.0 cm³/mol. The maximum atomic E-state index is 11.9. The zero-order valence-corrected chi connectivity index (χ0v) is 9.70. The van der Waals surface area contributed by atoms with Crippen molar-refractivity contribution in [3.63, 3.8) is 0 Å². The zero-order valence-electron chi connectivity index (χ0n) is 9.70. The highest BCUT2D eigenvalue weighted by Crippen LogP contribution is 2.16. The van der Waals surface area contributed by atoms with Crippen molar-refractivity contribution in [2.75, 3.05) is 20.7 Å². The molecule has 0 aliphatic heterocycles. The standard InChI is InChI=1S/C10H21NO3/c1-6-10(3,14-5)9(13)11(4)7-8(2)12/h8,12H,6-7H2,1-5H3. The van der Waals surface area contributed by atoms with Gasteiger partial charge in [0.2, 0.25) is 0 Å². The van der Waals surface area contributed by atoms with Gasteiger partial charge < -0.3 is 14.7 Å². The molecule has 0 aliphatic rings. The molecule has 0 fully saturated rings. The van der Waals surface area contributed by atoms with Crippen molar-refractivity contribution in [2.45, 2.75) is 38.9 Å². The van der Waals surface area contributed by atoms with E-state index in [0.717, 1.165) is 0 Å². The van der Waals surface area contributed by atoms with Gasteiger partial charge in [0.25, 0.3) is 5.91 Å². The van der Waals surface area contributed by atoms with Crippen molar-refractivity contribution in [1.29, 1.82) is 0 Å². The van der Waals surface area contributed by atoms with Gasteiger partial charge in [-0.1, -0.05) is 6.92 Å². The average molecular weight is 203 g/mol. The molecule has 0 aromatic carbocycles. The van der Waals surface area contributed by atoms with Gasteiger partial charge in [0.1, 0.15) is 5.60 Å². The van der Waals surface area contributed by atoms with Gasteiger partial charge >= 0.3 is 0 Å². The summed E-state index contributed by atoms with van der Waals surface area (Å²) in [5.74, 6) is -0.0941. The Morgan fingerprint density at radius 2 is 2.14 bits per heavy atom. The lowest BCUT2D eigenvalue weighted by molar-refractivity contribution is -0.153. The Balaban J connectivity index is 4.43. The molecule has 0 aliphatic carbocycles. The van der Waals surface area contributed by atoms with Gasteiger partial charge in [-0.3, -0.25) is 4.79 Å². The molecule has 0 bridgehead atoms. The smallest absolute Gasteiger partial charge is 0.254 e. The normalized spacial score (nSPS) is 17.3. The summed E-state index contributed by atoms with van der Waals surface area (Å²) in [6.07, 6.45) is 0.105. The lowest BCUT2D eigenvalue weighted by atomic mass is 10.0. The third-order valence-corrected chi connectivity index (χ3v) is 2.46. The number of nitrogens with zero attached hydrogens (tertiary/aromatic N) is 1. The van der Waals surface area contributed by atoms with E-state index in [9.17, 15) is 4.79 Å². The van der Waals surface area contributed by atoms with E-state index in [-0.39, 0.29) is 5.91 Å². The number of rotatable bonds is 5. The van der Waals surface area contributed by atoms with Crippen LogP contribution in [0.4, 0.5) is 0 Å². The van der Waals surface area contributed by atoms with Gasteiger partial charge in [-0.05, 0) is 20.3 Å². The Hall–Kier alpha value is -0.610. The second kappa shape index (κ2) is 5.32. The summed E-state index contributed by atoms with van der Waals surface area (Å²) in [5, 5.41) is 9.15. The van der Waals surface area contributed by atoms with Gasteiger partial charge in [0.05, 0.1) is 6.10 Å². The molecule has 4 heteroatoms. The molecule has 4 nitrogen and oxygen atoms in total. The zero-order chi connectivity index (χ0) is 11.4. The molecule has 2 unspecified atom stereocenters. The summed E-state index contributed by atoms with van der Waals surface area (Å²) in [5.41, 5.74) is -0.774. The number of aliphatic hydroxyl groups is 1. The van der Waals surface area contributed by atoms with Crippen molar-refractivity contribution in [2.24, 2.45) is 0 Å². The maximum absolute atomic E-state index is 11.9. The first-order valence-corrected chi connectivity index (χ1v) is 4.86. The van der Waals surface area contributed by atoms with Gasteiger partial charge in [0, 0.05) is 20.7 Å². The summed E-state index contributed by atoms with van der Waals surface area (Å²) in [6.45, 7) is 5.64. The Bertz CT molecular complexity index is 188. The van der Waals surface area contributed by atoms with Crippen LogP contribution in [0.15, 0.2) is 0 Å². The molecular weight excluding hydrogens is 182 g/mol. The molecule has 0 aromatic heterocycles. The quantitative estimate of drug-likeness (QED) is 0.713. The highest BCUT2D eigenvalue weighted by molar-refractivity contribution is 5.84. The topological polar surface area (TPSA) is 49.8 Å². The number of hydrogen-bond acceptors (Lipinski definition) is 3. The van der Waals surface area contributed by atoms with Crippen LogP contribution >= 0.6 is 0 Å². The van der Waals surface area contributed by atoms with E-state index < -0.39 is 11.7 Å². The van der Waals surface area contributed by atoms with Crippen LogP contribution in [0.2, 0.25) is 0 Å². The van der Waals surface area contributed by atoms with Crippen LogP contribution in [0.1, 0.15) is 27.2 Å². The highest BCUT2D eigenvalue weighted by Gasteiger charge is 2.33. The van der Waals surface area contributed by atoms with Crippen LogP contribution in [0.3, 0.4) is 0 Å². The fraction of sp³-hybridized carbons (Fsp3) is 0.900. The summed E-state index contributed by atoms with van der Waals surface area (Å²) in [4.78, 5) is 13.4. The van der Waals surface area contributed by atoms with Crippen molar-refractivity contribution >= 4 is 5.91 Å². The number of methoxy groups -OCH3 is 1. The fourth-order valence-corrected chi connectivity index (χ4v) is 1.27. The third kappa shape index (κ3) is 3.27. The van der Waals surface area contributed by atoms with Gasteiger partial charge in [0.15, 0.2) is 0 Å².